The molecule has 6 rings (SSSR count). The molecule has 5 nitrogen and oxygen atoms in total. The van der Waals surface area contributed by atoms with E-state index in [2.05, 4.69) is 56.5 Å². The van der Waals surface area contributed by atoms with Crippen LogP contribution in [0.2, 0.25) is 0 Å². The Labute approximate surface area is 214 Å². The van der Waals surface area contributed by atoms with Crippen molar-refractivity contribution in [3.05, 3.63) is 139 Å². The summed E-state index contributed by atoms with van der Waals surface area (Å²) < 4.78 is 2.22. The minimum absolute atomic E-state index is 0.262. The average molecular weight is 481 g/mol. The van der Waals surface area contributed by atoms with Crippen LogP contribution in [0.15, 0.2) is 133 Å². The van der Waals surface area contributed by atoms with Crippen molar-refractivity contribution in [2.45, 2.75) is 0 Å². The first-order valence-corrected chi connectivity index (χ1v) is 12.1. The van der Waals surface area contributed by atoms with Crippen LogP contribution < -0.4 is 5.43 Å². The number of benzene rings is 4. The van der Waals surface area contributed by atoms with Crippen molar-refractivity contribution in [1.82, 2.24) is 15.0 Å². The third-order valence-electron chi connectivity index (χ3n) is 6.40. The number of carbonyl (C=O) groups is 1. The summed E-state index contributed by atoms with van der Waals surface area (Å²) in [6.45, 7) is 0. The fourth-order valence-electron chi connectivity index (χ4n) is 4.57. The minimum atomic E-state index is -0.262. The second-order valence-electron chi connectivity index (χ2n) is 8.71. The van der Waals surface area contributed by atoms with Crippen LogP contribution in [0, 0.1) is 0 Å². The van der Waals surface area contributed by atoms with E-state index in [0.717, 1.165) is 44.7 Å². The predicted molar refractivity (Wildman–Crippen MR) is 150 cm³/mol. The SMILES string of the molecule is O=C(NN=Cc1c[nH]c2ccccc12)c1ccc(-n2c(-c3ccccc3)ccc2-c2ccccc2)cc1. The first kappa shape index (κ1) is 22.3. The van der Waals surface area contributed by atoms with Crippen LogP contribution >= 0.6 is 0 Å². The van der Waals surface area contributed by atoms with E-state index in [9.17, 15) is 4.79 Å². The number of hydrogen-bond acceptors (Lipinski definition) is 2. The summed E-state index contributed by atoms with van der Waals surface area (Å²) in [7, 11) is 0. The molecule has 2 N–H and O–H groups in total. The largest absolute Gasteiger partial charge is 0.361 e. The minimum Gasteiger partial charge on any atom is -0.361 e. The van der Waals surface area contributed by atoms with Gasteiger partial charge in [0.05, 0.1) is 17.6 Å². The molecule has 37 heavy (non-hydrogen) atoms. The van der Waals surface area contributed by atoms with E-state index >= 15 is 0 Å². The molecule has 2 heterocycles. The molecule has 0 aliphatic rings. The van der Waals surface area contributed by atoms with Crippen molar-refractivity contribution in [2.75, 3.05) is 0 Å². The second-order valence-corrected chi connectivity index (χ2v) is 8.71. The third-order valence-corrected chi connectivity index (χ3v) is 6.40. The van der Waals surface area contributed by atoms with Crippen LogP contribution in [0.4, 0.5) is 0 Å². The first-order chi connectivity index (χ1) is 18.3. The van der Waals surface area contributed by atoms with Crippen LogP contribution in [-0.2, 0) is 0 Å². The Morgan fingerprint density at radius 2 is 1.30 bits per heavy atom. The van der Waals surface area contributed by atoms with Gasteiger partial charge in [0.25, 0.3) is 5.91 Å². The lowest BCUT2D eigenvalue weighted by atomic mass is 10.1. The maximum atomic E-state index is 12.8. The summed E-state index contributed by atoms with van der Waals surface area (Å²) in [6.07, 6.45) is 3.53. The molecule has 5 heteroatoms. The molecular formula is C32H24N4O. The molecule has 0 unspecified atom stereocenters. The Morgan fingerprint density at radius 3 is 1.95 bits per heavy atom. The molecule has 4 aromatic carbocycles. The van der Waals surface area contributed by atoms with Gasteiger partial charge in [0.15, 0.2) is 0 Å². The normalized spacial score (nSPS) is 11.2. The zero-order valence-electron chi connectivity index (χ0n) is 20.0. The van der Waals surface area contributed by atoms with Gasteiger partial charge in [-0.2, -0.15) is 5.10 Å². The Kier molecular flexibility index (Phi) is 5.93. The molecule has 0 spiro atoms. The summed E-state index contributed by atoms with van der Waals surface area (Å²) in [5, 5.41) is 5.23. The molecule has 0 aliphatic carbocycles. The van der Waals surface area contributed by atoms with E-state index in [-0.39, 0.29) is 5.91 Å². The third kappa shape index (κ3) is 4.46. The molecular weight excluding hydrogens is 456 g/mol. The van der Waals surface area contributed by atoms with Gasteiger partial charge in [-0.25, -0.2) is 5.43 Å². The second kappa shape index (κ2) is 9.84. The molecule has 1 amide bonds. The van der Waals surface area contributed by atoms with Gasteiger partial charge in [0.2, 0.25) is 0 Å². The molecule has 0 fully saturated rings. The Morgan fingerprint density at radius 1 is 0.703 bits per heavy atom. The number of para-hydroxylation sites is 1. The smallest absolute Gasteiger partial charge is 0.271 e. The summed E-state index contributed by atoms with van der Waals surface area (Å²) in [6, 6.07) is 40.5. The average Bonchev–Trinajstić information content (AvgIpc) is 3.59. The van der Waals surface area contributed by atoms with Crippen LogP contribution in [0.5, 0.6) is 0 Å². The summed E-state index contributed by atoms with van der Waals surface area (Å²) in [4.78, 5) is 16.0. The number of aromatic amines is 1. The van der Waals surface area contributed by atoms with Gasteiger partial charge in [0, 0.05) is 33.9 Å². The molecule has 0 saturated carbocycles. The number of H-pyrrole nitrogens is 1. The molecule has 0 bridgehead atoms. The highest BCUT2D eigenvalue weighted by Gasteiger charge is 2.14. The van der Waals surface area contributed by atoms with Crippen molar-refractivity contribution >= 4 is 23.0 Å². The highest BCUT2D eigenvalue weighted by molar-refractivity contribution is 6.00. The van der Waals surface area contributed by atoms with Gasteiger partial charge in [0.1, 0.15) is 0 Å². The number of hydrogen-bond donors (Lipinski definition) is 2. The van der Waals surface area contributed by atoms with Crippen LogP contribution in [0.25, 0.3) is 39.1 Å². The topological polar surface area (TPSA) is 62.2 Å². The zero-order chi connectivity index (χ0) is 25.0. The molecule has 0 atom stereocenters. The number of rotatable bonds is 6. The number of aromatic nitrogens is 2. The van der Waals surface area contributed by atoms with E-state index < -0.39 is 0 Å². The number of hydrazone groups is 1. The van der Waals surface area contributed by atoms with Gasteiger partial charge >= 0.3 is 0 Å². The number of amides is 1. The van der Waals surface area contributed by atoms with E-state index in [1.807, 2.05) is 91.1 Å². The summed E-state index contributed by atoms with van der Waals surface area (Å²) >= 11 is 0. The monoisotopic (exact) mass is 480 g/mol. The van der Waals surface area contributed by atoms with Crippen LogP contribution in [0.3, 0.4) is 0 Å². The fraction of sp³-hybridized carbons (Fsp3) is 0. The molecule has 2 aromatic heterocycles. The Bertz CT molecular complexity index is 1640. The molecule has 0 saturated heterocycles. The van der Waals surface area contributed by atoms with E-state index in [0.29, 0.717) is 5.56 Å². The van der Waals surface area contributed by atoms with Gasteiger partial charge in [-0.15, -0.1) is 0 Å². The van der Waals surface area contributed by atoms with Crippen LogP contribution in [0.1, 0.15) is 15.9 Å². The Balaban J connectivity index is 1.28. The zero-order valence-corrected chi connectivity index (χ0v) is 20.0. The highest BCUT2D eigenvalue weighted by Crippen LogP contribution is 2.32. The standard InChI is InChI=1S/C32H24N4O/c37-32(35-34-22-26-21-33-29-14-8-7-13-28(26)29)25-15-17-27(18-16-25)36-30(23-9-3-1-4-10-23)19-20-31(36)24-11-5-2-6-12-24/h1-22,33H,(H,35,37). The maximum Gasteiger partial charge on any atom is 0.271 e. The van der Waals surface area contributed by atoms with Gasteiger partial charge in [-0.1, -0.05) is 78.9 Å². The van der Waals surface area contributed by atoms with E-state index in [4.69, 9.17) is 0 Å². The van der Waals surface area contributed by atoms with Crippen molar-refractivity contribution in [1.29, 1.82) is 0 Å². The molecule has 0 radical (unpaired) electrons. The summed E-state index contributed by atoms with van der Waals surface area (Å²) in [5.41, 5.74) is 10.5. The van der Waals surface area contributed by atoms with Crippen molar-refractivity contribution in [3.63, 3.8) is 0 Å². The maximum absolute atomic E-state index is 12.8. The number of carbonyl (C=O) groups excluding carboxylic acids is 1. The quantitative estimate of drug-likeness (QED) is 0.195. The van der Waals surface area contributed by atoms with Crippen molar-refractivity contribution in [2.24, 2.45) is 5.10 Å². The van der Waals surface area contributed by atoms with E-state index in [1.54, 1.807) is 6.21 Å². The summed E-state index contributed by atoms with van der Waals surface area (Å²) in [5.74, 6) is -0.262. The van der Waals surface area contributed by atoms with Crippen molar-refractivity contribution in [3.8, 4) is 28.2 Å². The number of nitrogens with one attached hydrogen (secondary N) is 2. The lowest BCUT2D eigenvalue weighted by Gasteiger charge is -2.15. The van der Waals surface area contributed by atoms with E-state index in [1.165, 1.54) is 0 Å². The number of nitrogens with zero attached hydrogens (tertiary/aromatic N) is 2. The van der Waals surface area contributed by atoms with Gasteiger partial charge in [-0.05, 0) is 53.6 Å². The highest BCUT2D eigenvalue weighted by atomic mass is 16.2. The van der Waals surface area contributed by atoms with Crippen LogP contribution in [-0.4, -0.2) is 21.7 Å². The first-order valence-electron chi connectivity index (χ1n) is 12.1. The van der Waals surface area contributed by atoms with Gasteiger partial charge < -0.3 is 9.55 Å². The lowest BCUT2D eigenvalue weighted by Crippen LogP contribution is -2.17. The Hall–Kier alpha value is -5.16. The fourth-order valence-corrected chi connectivity index (χ4v) is 4.57. The van der Waals surface area contributed by atoms with Gasteiger partial charge in [-0.3, -0.25) is 4.79 Å². The number of fused-ring (bicyclic) bond motifs is 1. The van der Waals surface area contributed by atoms with Crippen molar-refractivity contribution < 1.29 is 4.79 Å². The molecule has 178 valence electrons. The lowest BCUT2D eigenvalue weighted by molar-refractivity contribution is 0.0955. The molecule has 0 aliphatic heterocycles. The predicted octanol–water partition coefficient (Wildman–Crippen LogP) is 7.06. The molecule has 6 aromatic rings.